The molecule has 0 aliphatic rings. The SMILES string of the molecule is Cc1cc(Br)ccc1C/C(C([NH3+])=O)=C(/N)C(C)C. The maximum absolute atomic E-state index is 11.6. The van der Waals surface area contributed by atoms with Crippen LogP contribution in [0.1, 0.15) is 25.0 Å². The molecule has 18 heavy (non-hydrogen) atoms. The van der Waals surface area contributed by atoms with Crippen molar-refractivity contribution in [2.45, 2.75) is 27.2 Å². The van der Waals surface area contributed by atoms with Crippen molar-refractivity contribution in [2.24, 2.45) is 11.7 Å². The molecule has 0 aliphatic heterocycles. The Morgan fingerprint density at radius 2 is 2.06 bits per heavy atom. The number of quaternary nitrogens is 1. The molecule has 0 fully saturated rings. The van der Waals surface area contributed by atoms with Crippen LogP contribution < -0.4 is 11.5 Å². The van der Waals surface area contributed by atoms with Gasteiger partial charge in [-0.1, -0.05) is 35.8 Å². The molecule has 5 N–H and O–H groups in total. The summed E-state index contributed by atoms with van der Waals surface area (Å²) in [5.41, 5.74) is 13.0. The molecule has 0 spiro atoms. The molecule has 0 saturated heterocycles. The van der Waals surface area contributed by atoms with Gasteiger partial charge in [0.15, 0.2) is 0 Å². The zero-order valence-electron chi connectivity index (χ0n) is 11.1. The Labute approximate surface area is 116 Å². The van der Waals surface area contributed by atoms with Crippen molar-refractivity contribution in [1.82, 2.24) is 0 Å². The number of hydrogen-bond donors (Lipinski definition) is 2. The number of benzene rings is 1. The number of allylic oxidation sites excluding steroid dienone is 1. The Morgan fingerprint density at radius 1 is 1.44 bits per heavy atom. The standard InChI is InChI=1S/C14H19BrN2O/c1-8(2)13(16)12(14(17)18)7-10-4-5-11(15)6-9(10)3/h4-6,8H,7,16H2,1-3H3,(H2,17,18)/p+1/b13-12-. The zero-order chi connectivity index (χ0) is 13.9. The summed E-state index contributed by atoms with van der Waals surface area (Å²) in [6.45, 7) is 5.98. The first-order valence-electron chi connectivity index (χ1n) is 5.92. The van der Waals surface area contributed by atoms with Gasteiger partial charge in [0.2, 0.25) is 0 Å². The fourth-order valence-electron chi connectivity index (χ4n) is 1.76. The van der Waals surface area contributed by atoms with Crippen molar-refractivity contribution < 1.29 is 10.5 Å². The van der Waals surface area contributed by atoms with E-state index in [0.29, 0.717) is 17.7 Å². The van der Waals surface area contributed by atoms with E-state index in [1.165, 1.54) is 0 Å². The van der Waals surface area contributed by atoms with Gasteiger partial charge in [-0.25, -0.2) is 4.79 Å². The Bertz CT molecular complexity index is 493. The fourth-order valence-corrected chi connectivity index (χ4v) is 2.23. The van der Waals surface area contributed by atoms with E-state index in [2.05, 4.69) is 21.7 Å². The van der Waals surface area contributed by atoms with Gasteiger partial charge in [-0.2, -0.15) is 0 Å². The van der Waals surface area contributed by atoms with E-state index in [0.717, 1.165) is 15.6 Å². The van der Waals surface area contributed by atoms with Gasteiger partial charge in [0.1, 0.15) is 0 Å². The smallest absolute Gasteiger partial charge is 0.339 e. The molecule has 0 radical (unpaired) electrons. The van der Waals surface area contributed by atoms with E-state index in [-0.39, 0.29) is 11.8 Å². The van der Waals surface area contributed by atoms with Crippen LogP contribution in [0.3, 0.4) is 0 Å². The molecule has 1 aromatic carbocycles. The lowest BCUT2D eigenvalue weighted by Crippen LogP contribution is -2.58. The number of halogens is 1. The highest BCUT2D eigenvalue weighted by Crippen LogP contribution is 2.20. The Balaban J connectivity index is 3.13. The summed E-state index contributed by atoms with van der Waals surface area (Å²) in [4.78, 5) is 11.6. The molecule has 0 aliphatic carbocycles. The lowest BCUT2D eigenvalue weighted by molar-refractivity contribution is -0.299. The predicted molar refractivity (Wildman–Crippen MR) is 76.5 cm³/mol. The van der Waals surface area contributed by atoms with Gasteiger partial charge in [0, 0.05) is 16.6 Å². The molecule has 1 aromatic rings. The molecule has 1 rings (SSSR count). The molecule has 1 amide bonds. The van der Waals surface area contributed by atoms with Crippen molar-refractivity contribution in [3.63, 3.8) is 0 Å². The van der Waals surface area contributed by atoms with Crippen LogP contribution in [0, 0.1) is 12.8 Å². The number of aryl methyl sites for hydroxylation is 1. The monoisotopic (exact) mass is 311 g/mol. The van der Waals surface area contributed by atoms with Crippen LogP contribution in [0.5, 0.6) is 0 Å². The topological polar surface area (TPSA) is 70.7 Å². The quantitative estimate of drug-likeness (QED) is 0.834. The summed E-state index contributed by atoms with van der Waals surface area (Å²) in [5.74, 6) is -0.0371. The van der Waals surface area contributed by atoms with E-state index in [1.54, 1.807) is 0 Å². The van der Waals surface area contributed by atoms with Crippen LogP contribution >= 0.6 is 15.9 Å². The molecule has 98 valence electrons. The summed E-state index contributed by atoms with van der Waals surface area (Å²) < 4.78 is 1.03. The van der Waals surface area contributed by atoms with E-state index in [1.807, 2.05) is 39.0 Å². The van der Waals surface area contributed by atoms with Crippen molar-refractivity contribution in [3.05, 3.63) is 45.1 Å². The van der Waals surface area contributed by atoms with Gasteiger partial charge in [0.25, 0.3) is 0 Å². The summed E-state index contributed by atoms with van der Waals surface area (Å²) in [6.07, 6.45) is 0.547. The third-order valence-corrected chi connectivity index (χ3v) is 3.47. The maximum Gasteiger partial charge on any atom is 0.339 e. The molecule has 3 nitrogen and oxygen atoms in total. The summed E-state index contributed by atoms with van der Waals surface area (Å²) in [7, 11) is 0. The van der Waals surface area contributed by atoms with Crippen LogP contribution in [-0.4, -0.2) is 5.91 Å². The maximum atomic E-state index is 11.6. The van der Waals surface area contributed by atoms with Crippen molar-refractivity contribution in [2.75, 3.05) is 0 Å². The Kier molecular flexibility index (Phi) is 5.11. The number of rotatable bonds is 4. The summed E-state index contributed by atoms with van der Waals surface area (Å²) >= 11 is 3.43. The van der Waals surface area contributed by atoms with E-state index in [4.69, 9.17) is 5.73 Å². The third-order valence-electron chi connectivity index (χ3n) is 2.98. The van der Waals surface area contributed by atoms with Gasteiger partial charge in [0.05, 0.1) is 5.57 Å². The van der Waals surface area contributed by atoms with Crippen LogP contribution in [-0.2, 0) is 11.2 Å². The Hall–Kier alpha value is -1.13. The first-order chi connectivity index (χ1) is 8.32. The number of amides is 1. The van der Waals surface area contributed by atoms with Crippen molar-refractivity contribution in [3.8, 4) is 0 Å². The highest BCUT2D eigenvalue weighted by Gasteiger charge is 2.17. The number of carbonyl (C=O) groups is 1. The van der Waals surface area contributed by atoms with Crippen LogP contribution in [0.4, 0.5) is 0 Å². The molecule has 0 aromatic heterocycles. The molecule has 4 heteroatoms. The van der Waals surface area contributed by atoms with E-state index in [9.17, 15) is 4.79 Å². The van der Waals surface area contributed by atoms with Crippen molar-refractivity contribution in [1.29, 1.82) is 0 Å². The molecule has 0 bridgehead atoms. The van der Waals surface area contributed by atoms with Gasteiger partial charge in [-0.3, -0.25) is 5.73 Å². The lowest BCUT2D eigenvalue weighted by Gasteiger charge is -2.12. The summed E-state index contributed by atoms with van der Waals surface area (Å²) in [6, 6.07) is 6.02. The molecule has 0 heterocycles. The number of nitrogens with two attached hydrogens (primary N) is 1. The first-order valence-corrected chi connectivity index (χ1v) is 6.72. The molecule has 0 unspecified atom stereocenters. The normalized spacial score (nSPS) is 12.6. The highest BCUT2D eigenvalue weighted by molar-refractivity contribution is 9.10. The fraction of sp³-hybridized carbons (Fsp3) is 0.357. The predicted octanol–water partition coefficient (Wildman–Crippen LogP) is 1.94. The minimum absolute atomic E-state index is 0.154. The first kappa shape index (κ1) is 14.9. The largest absolute Gasteiger partial charge is 0.401 e. The van der Waals surface area contributed by atoms with Gasteiger partial charge in [-0.05, 0) is 36.1 Å². The molecular formula is C14H20BrN2O+. The van der Waals surface area contributed by atoms with E-state index < -0.39 is 0 Å². The third kappa shape index (κ3) is 3.68. The van der Waals surface area contributed by atoms with E-state index >= 15 is 0 Å². The lowest BCUT2D eigenvalue weighted by atomic mass is 9.95. The second-order valence-electron chi connectivity index (χ2n) is 4.76. The van der Waals surface area contributed by atoms with Crippen LogP contribution in [0.2, 0.25) is 0 Å². The van der Waals surface area contributed by atoms with Crippen LogP contribution in [0.15, 0.2) is 33.9 Å². The molecule has 0 atom stereocenters. The second kappa shape index (κ2) is 6.16. The van der Waals surface area contributed by atoms with Gasteiger partial charge < -0.3 is 5.73 Å². The minimum Gasteiger partial charge on any atom is -0.401 e. The minimum atomic E-state index is -0.191. The van der Waals surface area contributed by atoms with Crippen LogP contribution in [0.25, 0.3) is 0 Å². The summed E-state index contributed by atoms with van der Waals surface area (Å²) in [5, 5.41) is 0. The zero-order valence-corrected chi connectivity index (χ0v) is 12.7. The molecular weight excluding hydrogens is 292 g/mol. The Morgan fingerprint density at radius 3 is 2.50 bits per heavy atom. The van der Waals surface area contributed by atoms with Gasteiger partial charge in [-0.15, -0.1) is 0 Å². The average Bonchev–Trinajstić information content (AvgIpc) is 2.26. The molecule has 0 saturated carbocycles. The van der Waals surface area contributed by atoms with Gasteiger partial charge >= 0.3 is 5.91 Å². The second-order valence-corrected chi connectivity index (χ2v) is 5.68. The number of carbonyl (C=O) groups excluding carboxylic acids is 1. The van der Waals surface area contributed by atoms with Crippen molar-refractivity contribution >= 4 is 21.8 Å². The number of hydrogen-bond acceptors (Lipinski definition) is 2. The average molecular weight is 312 g/mol. The highest BCUT2D eigenvalue weighted by atomic mass is 79.9.